The molecular weight excluding hydrogens is 242 g/mol. The highest BCUT2D eigenvalue weighted by molar-refractivity contribution is 7.80. The molecule has 0 aliphatic carbocycles. The summed E-state index contributed by atoms with van der Waals surface area (Å²) < 4.78 is 0. The predicted molar refractivity (Wildman–Crippen MR) is 75.3 cm³/mol. The molecule has 90 valence electrons. The molecule has 1 heterocycles. The molecule has 18 heavy (non-hydrogen) atoms. The zero-order chi connectivity index (χ0) is 12.8. The van der Waals surface area contributed by atoms with Crippen LogP contribution in [0.25, 0.3) is 0 Å². The van der Waals surface area contributed by atoms with Crippen LogP contribution in [0.15, 0.2) is 54.6 Å². The van der Waals surface area contributed by atoms with Crippen LogP contribution >= 0.6 is 12.2 Å². The number of fused-ring (bicyclic) bond motifs is 1. The van der Waals surface area contributed by atoms with Crippen LogP contribution in [0.5, 0.6) is 0 Å². The zero-order valence-corrected chi connectivity index (χ0v) is 10.8. The van der Waals surface area contributed by atoms with Gasteiger partial charge in [0.15, 0.2) is 5.72 Å². The fourth-order valence-corrected chi connectivity index (χ4v) is 2.81. The van der Waals surface area contributed by atoms with Crippen molar-refractivity contribution in [1.82, 2.24) is 4.90 Å². The van der Waals surface area contributed by atoms with E-state index in [2.05, 4.69) is 0 Å². The second-order valence-corrected chi connectivity index (χ2v) is 4.83. The van der Waals surface area contributed by atoms with Gasteiger partial charge in [0.2, 0.25) is 0 Å². The summed E-state index contributed by atoms with van der Waals surface area (Å²) in [6.07, 6.45) is 0. The maximum atomic E-state index is 11.1. The Kier molecular flexibility index (Phi) is 2.47. The number of aliphatic hydroxyl groups is 1. The standard InChI is InChI=1S/C15H13NOS/c1-16-14(18)12-9-5-6-10-13(12)15(16,17)11-7-3-2-4-8-11/h2-10,17H,1H3. The third-order valence-electron chi connectivity index (χ3n) is 3.50. The monoisotopic (exact) mass is 255 g/mol. The number of benzene rings is 2. The van der Waals surface area contributed by atoms with Gasteiger partial charge in [-0.1, -0.05) is 66.8 Å². The first-order valence-electron chi connectivity index (χ1n) is 5.81. The summed E-state index contributed by atoms with van der Waals surface area (Å²) in [5.74, 6) is 0. The smallest absolute Gasteiger partial charge is 0.192 e. The predicted octanol–water partition coefficient (Wildman–Crippen LogP) is 2.50. The van der Waals surface area contributed by atoms with Gasteiger partial charge in [-0.05, 0) is 0 Å². The molecule has 0 radical (unpaired) electrons. The number of nitrogens with zero attached hydrogens (tertiary/aromatic N) is 1. The molecule has 2 aromatic carbocycles. The summed E-state index contributed by atoms with van der Waals surface area (Å²) in [7, 11) is 1.83. The van der Waals surface area contributed by atoms with Crippen molar-refractivity contribution in [2.24, 2.45) is 0 Å². The Morgan fingerprint density at radius 2 is 1.61 bits per heavy atom. The van der Waals surface area contributed by atoms with E-state index in [-0.39, 0.29) is 0 Å². The average molecular weight is 255 g/mol. The van der Waals surface area contributed by atoms with Gasteiger partial charge in [0.05, 0.1) is 0 Å². The van der Waals surface area contributed by atoms with E-state index in [1.165, 1.54) is 0 Å². The Morgan fingerprint density at radius 1 is 1.00 bits per heavy atom. The second-order valence-electron chi connectivity index (χ2n) is 4.45. The van der Waals surface area contributed by atoms with Crippen LogP contribution in [0.3, 0.4) is 0 Å². The van der Waals surface area contributed by atoms with Crippen LogP contribution in [0.1, 0.15) is 16.7 Å². The lowest BCUT2D eigenvalue weighted by Gasteiger charge is -2.33. The highest BCUT2D eigenvalue weighted by atomic mass is 32.1. The Morgan fingerprint density at radius 3 is 2.33 bits per heavy atom. The molecule has 3 heteroatoms. The number of hydrogen-bond donors (Lipinski definition) is 1. The molecule has 0 amide bonds. The number of rotatable bonds is 1. The van der Waals surface area contributed by atoms with E-state index in [1.54, 1.807) is 4.90 Å². The van der Waals surface area contributed by atoms with Crippen LogP contribution in [0, 0.1) is 0 Å². The average Bonchev–Trinajstić information content (AvgIpc) is 2.64. The van der Waals surface area contributed by atoms with Gasteiger partial charge < -0.3 is 10.0 Å². The van der Waals surface area contributed by atoms with Crippen molar-refractivity contribution in [3.63, 3.8) is 0 Å². The first-order valence-corrected chi connectivity index (χ1v) is 6.22. The highest BCUT2D eigenvalue weighted by Gasteiger charge is 2.45. The third-order valence-corrected chi connectivity index (χ3v) is 3.99. The molecule has 0 bridgehead atoms. The van der Waals surface area contributed by atoms with E-state index in [0.717, 1.165) is 16.7 Å². The third kappa shape index (κ3) is 1.35. The summed E-state index contributed by atoms with van der Waals surface area (Å²) in [6.45, 7) is 0. The zero-order valence-electron chi connectivity index (χ0n) is 10.00. The van der Waals surface area contributed by atoms with Gasteiger partial charge in [-0.15, -0.1) is 0 Å². The molecule has 2 nitrogen and oxygen atoms in total. The van der Waals surface area contributed by atoms with E-state index in [4.69, 9.17) is 12.2 Å². The highest BCUT2D eigenvalue weighted by Crippen LogP contribution is 2.41. The molecular formula is C15H13NOS. The van der Waals surface area contributed by atoms with Crippen molar-refractivity contribution in [2.75, 3.05) is 7.05 Å². The summed E-state index contributed by atoms with van der Waals surface area (Å²) in [4.78, 5) is 2.43. The first-order chi connectivity index (χ1) is 8.65. The van der Waals surface area contributed by atoms with Gasteiger partial charge in [0.25, 0.3) is 0 Å². The molecule has 1 atom stereocenters. The molecule has 0 saturated heterocycles. The minimum Gasteiger partial charge on any atom is -0.363 e. The lowest BCUT2D eigenvalue weighted by molar-refractivity contribution is -0.0149. The van der Waals surface area contributed by atoms with Crippen molar-refractivity contribution in [3.8, 4) is 0 Å². The Balaban J connectivity index is 2.27. The van der Waals surface area contributed by atoms with Crippen LogP contribution in [0.4, 0.5) is 0 Å². The molecule has 3 rings (SSSR count). The van der Waals surface area contributed by atoms with E-state index in [9.17, 15) is 5.11 Å². The molecule has 2 aromatic rings. The number of hydrogen-bond acceptors (Lipinski definition) is 2. The van der Waals surface area contributed by atoms with E-state index in [0.29, 0.717) is 4.99 Å². The van der Waals surface area contributed by atoms with Gasteiger partial charge in [-0.3, -0.25) is 0 Å². The van der Waals surface area contributed by atoms with Gasteiger partial charge in [0.1, 0.15) is 4.99 Å². The van der Waals surface area contributed by atoms with Gasteiger partial charge in [-0.25, -0.2) is 0 Å². The maximum absolute atomic E-state index is 11.1. The fraction of sp³-hybridized carbons (Fsp3) is 0.133. The first kappa shape index (κ1) is 11.4. The molecule has 0 fully saturated rings. The van der Waals surface area contributed by atoms with Crippen molar-refractivity contribution in [1.29, 1.82) is 0 Å². The van der Waals surface area contributed by atoms with Gasteiger partial charge >= 0.3 is 0 Å². The maximum Gasteiger partial charge on any atom is 0.192 e. The normalized spacial score (nSPS) is 22.1. The summed E-state index contributed by atoms with van der Waals surface area (Å²) in [5.41, 5.74) is 1.46. The Labute approximate surface area is 111 Å². The van der Waals surface area contributed by atoms with Crippen molar-refractivity contribution in [3.05, 3.63) is 71.3 Å². The second kappa shape index (κ2) is 3.90. The lowest BCUT2D eigenvalue weighted by atomic mass is 9.94. The number of thiocarbonyl (C=S) groups is 1. The molecule has 0 saturated carbocycles. The van der Waals surface area contributed by atoms with Crippen molar-refractivity contribution < 1.29 is 5.11 Å². The lowest BCUT2D eigenvalue weighted by Crippen LogP contribution is -2.41. The fourth-order valence-electron chi connectivity index (χ4n) is 2.50. The van der Waals surface area contributed by atoms with Crippen molar-refractivity contribution in [2.45, 2.75) is 5.72 Å². The van der Waals surface area contributed by atoms with Gasteiger partial charge in [-0.2, -0.15) is 0 Å². The molecule has 0 aromatic heterocycles. The topological polar surface area (TPSA) is 23.5 Å². The van der Waals surface area contributed by atoms with Crippen molar-refractivity contribution >= 4 is 17.2 Å². The van der Waals surface area contributed by atoms with Gasteiger partial charge in [0, 0.05) is 23.7 Å². The molecule has 1 aliphatic rings. The SMILES string of the molecule is CN1C(=S)c2ccccc2C1(O)c1ccccc1. The van der Waals surface area contributed by atoms with E-state index >= 15 is 0 Å². The summed E-state index contributed by atoms with van der Waals surface area (Å²) in [6, 6.07) is 17.4. The molecule has 1 N–H and O–H groups in total. The molecule has 1 unspecified atom stereocenters. The largest absolute Gasteiger partial charge is 0.363 e. The van der Waals surface area contributed by atoms with Crippen LogP contribution in [-0.2, 0) is 5.72 Å². The summed E-state index contributed by atoms with van der Waals surface area (Å²) >= 11 is 5.41. The Hall–Kier alpha value is -1.71. The van der Waals surface area contributed by atoms with Crippen LogP contribution in [-0.4, -0.2) is 22.0 Å². The molecule has 0 spiro atoms. The quantitative estimate of drug-likeness (QED) is 0.792. The minimum absolute atomic E-state index is 0.678. The summed E-state index contributed by atoms with van der Waals surface area (Å²) in [5, 5.41) is 11.1. The minimum atomic E-state index is -1.16. The Bertz CT molecular complexity index is 611. The molecule has 1 aliphatic heterocycles. The van der Waals surface area contributed by atoms with Crippen LogP contribution in [0.2, 0.25) is 0 Å². The van der Waals surface area contributed by atoms with Crippen LogP contribution < -0.4 is 0 Å². The van der Waals surface area contributed by atoms with E-state index in [1.807, 2.05) is 61.6 Å². The van der Waals surface area contributed by atoms with E-state index < -0.39 is 5.72 Å².